The number of nitrogens with zero attached hydrogens (tertiary/aromatic N) is 3. The Hall–Kier alpha value is -2.18. The van der Waals surface area contributed by atoms with E-state index in [-0.39, 0.29) is 5.91 Å². The molecule has 0 unspecified atom stereocenters. The number of aromatic nitrogens is 1. The highest BCUT2D eigenvalue weighted by atomic mass is 32.1. The van der Waals surface area contributed by atoms with E-state index < -0.39 is 0 Å². The van der Waals surface area contributed by atoms with Gasteiger partial charge in [0.15, 0.2) is 5.58 Å². The van der Waals surface area contributed by atoms with E-state index in [1.165, 1.54) is 12.0 Å². The van der Waals surface area contributed by atoms with Gasteiger partial charge in [-0.1, -0.05) is 17.3 Å². The molecule has 27 heavy (non-hydrogen) atoms. The van der Waals surface area contributed by atoms with Crippen molar-refractivity contribution in [1.82, 2.24) is 15.0 Å². The number of rotatable bonds is 3. The molecule has 1 saturated heterocycles. The third-order valence-corrected chi connectivity index (χ3v) is 6.96. The number of piperidine rings is 1. The smallest absolute Gasteiger partial charge is 0.228 e. The quantitative estimate of drug-likeness (QED) is 0.697. The molecule has 0 atom stereocenters. The minimum Gasteiger partial charge on any atom is -0.356 e. The largest absolute Gasteiger partial charge is 0.356 e. The first-order chi connectivity index (χ1) is 13.3. The first-order valence-electron chi connectivity index (χ1n) is 9.68. The molecule has 1 fully saturated rings. The SMILES string of the molecule is O=C(Cc1noc2ccccc12)N1CCC(N2CCc3sccc3C2)CC1. The topological polar surface area (TPSA) is 49.6 Å². The molecule has 140 valence electrons. The summed E-state index contributed by atoms with van der Waals surface area (Å²) in [6.45, 7) is 3.90. The van der Waals surface area contributed by atoms with Gasteiger partial charge < -0.3 is 9.42 Å². The van der Waals surface area contributed by atoms with Gasteiger partial charge >= 0.3 is 0 Å². The Bertz CT molecular complexity index is 955. The summed E-state index contributed by atoms with van der Waals surface area (Å²) >= 11 is 1.89. The number of benzene rings is 1. The van der Waals surface area contributed by atoms with E-state index in [2.05, 4.69) is 21.5 Å². The lowest BCUT2D eigenvalue weighted by Crippen LogP contribution is -2.48. The molecule has 1 aromatic carbocycles. The zero-order valence-corrected chi connectivity index (χ0v) is 16.1. The lowest BCUT2D eigenvalue weighted by Gasteiger charge is -2.40. The summed E-state index contributed by atoms with van der Waals surface area (Å²) in [5.74, 6) is 0.159. The third-order valence-electron chi connectivity index (χ3n) is 5.94. The van der Waals surface area contributed by atoms with E-state index in [4.69, 9.17) is 4.52 Å². The van der Waals surface area contributed by atoms with Crippen molar-refractivity contribution in [2.75, 3.05) is 19.6 Å². The highest BCUT2D eigenvalue weighted by Gasteiger charge is 2.29. The maximum atomic E-state index is 12.8. The third kappa shape index (κ3) is 3.28. The van der Waals surface area contributed by atoms with E-state index in [1.807, 2.05) is 40.5 Å². The Balaban J connectivity index is 1.19. The molecule has 0 bridgehead atoms. The Kier molecular flexibility index (Phi) is 4.45. The Morgan fingerprint density at radius 3 is 2.93 bits per heavy atom. The minimum atomic E-state index is 0.159. The molecule has 0 aliphatic carbocycles. The fourth-order valence-electron chi connectivity index (χ4n) is 4.38. The van der Waals surface area contributed by atoms with Crippen molar-refractivity contribution < 1.29 is 9.32 Å². The maximum Gasteiger partial charge on any atom is 0.228 e. The summed E-state index contributed by atoms with van der Waals surface area (Å²) in [5.41, 5.74) is 3.00. The van der Waals surface area contributed by atoms with Crippen LogP contribution in [-0.4, -0.2) is 46.5 Å². The van der Waals surface area contributed by atoms with Crippen LogP contribution in [0.3, 0.4) is 0 Å². The normalized spacial score (nSPS) is 18.7. The predicted octanol–water partition coefficient (Wildman–Crippen LogP) is 3.48. The second kappa shape index (κ2) is 7.09. The molecule has 0 spiro atoms. The van der Waals surface area contributed by atoms with E-state index in [0.717, 1.165) is 55.7 Å². The van der Waals surface area contributed by atoms with Crippen LogP contribution in [0.2, 0.25) is 0 Å². The molecule has 0 N–H and O–H groups in total. The molecule has 6 heteroatoms. The van der Waals surface area contributed by atoms with Crippen LogP contribution in [0, 0.1) is 0 Å². The van der Waals surface area contributed by atoms with Crippen LogP contribution in [0.4, 0.5) is 0 Å². The first kappa shape index (κ1) is 17.0. The Morgan fingerprint density at radius 1 is 1.19 bits per heavy atom. The number of thiophene rings is 1. The summed E-state index contributed by atoms with van der Waals surface area (Å²) in [4.78, 5) is 18.9. The standard InChI is InChI=1S/C21H23N3O2S/c25-21(13-18-17-3-1-2-4-19(17)26-22-18)23-9-5-16(6-10-23)24-11-7-20-15(14-24)8-12-27-20/h1-4,8,12,16H,5-7,9-11,13-14H2. The number of fused-ring (bicyclic) bond motifs is 2. The zero-order chi connectivity index (χ0) is 18.2. The highest BCUT2D eigenvalue weighted by molar-refractivity contribution is 7.10. The van der Waals surface area contributed by atoms with E-state index in [1.54, 1.807) is 4.88 Å². The molecule has 2 aliphatic rings. The van der Waals surface area contributed by atoms with E-state index in [0.29, 0.717) is 12.5 Å². The Labute approximate surface area is 162 Å². The molecule has 2 aliphatic heterocycles. The van der Waals surface area contributed by atoms with Gasteiger partial charge in [0.1, 0.15) is 5.69 Å². The van der Waals surface area contributed by atoms with Gasteiger partial charge in [-0.2, -0.15) is 0 Å². The second-order valence-corrected chi connectivity index (χ2v) is 8.50. The van der Waals surface area contributed by atoms with Gasteiger partial charge in [0.05, 0.1) is 6.42 Å². The molecular weight excluding hydrogens is 358 g/mol. The lowest BCUT2D eigenvalue weighted by atomic mass is 9.99. The molecule has 0 saturated carbocycles. The van der Waals surface area contributed by atoms with Crippen LogP contribution >= 0.6 is 11.3 Å². The summed E-state index contributed by atoms with van der Waals surface area (Å²) < 4.78 is 5.33. The average Bonchev–Trinajstić information content (AvgIpc) is 3.35. The number of carbonyl (C=O) groups is 1. The van der Waals surface area contributed by atoms with Gasteiger partial charge in [0.25, 0.3) is 0 Å². The summed E-state index contributed by atoms with van der Waals surface area (Å²) in [6.07, 6.45) is 3.62. The molecule has 4 heterocycles. The fourth-order valence-corrected chi connectivity index (χ4v) is 5.27. The van der Waals surface area contributed by atoms with Crippen LogP contribution < -0.4 is 0 Å². The van der Waals surface area contributed by atoms with Gasteiger partial charge in [-0.3, -0.25) is 9.69 Å². The monoisotopic (exact) mass is 381 g/mol. The van der Waals surface area contributed by atoms with Crippen LogP contribution in [-0.2, 0) is 24.2 Å². The molecule has 0 radical (unpaired) electrons. The molecule has 3 aromatic rings. The number of carbonyl (C=O) groups excluding carboxylic acids is 1. The summed E-state index contributed by atoms with van der Waals surface area (Å²) in [7, 11) is 0. The molecular formula is C21H23N3O2S. The van der Waals surface area contributed by atoms with Crippen molar-refractivity contribution in [3.05, 3.63) is 51.8 Å². The van der Waals surface area contributed by atoms with Gasteiger partial charge in [0, 0.05) is 42.5 Å². The van der Waals surface area contributed by atoms with Gasteiger partial charge in [-0.05, 0) is 48.4 Å². The van der Waals surface area contributed by atoms with Crippen LogP contribution in [0.1, 0.15) is 29.0 Å². The maximum absolute atomic E-state index is 12.8. The van der Waals surface area contributed by atoms with Crippen molar-refractivity contribution in [1.29, 1.82) is 0 Å². The minimum absolute atomic E-state index is 0.159. The van der Waals surface area contributed by atoms with Crippen molar-refractivity contribution >= 4 is 28.2 Å². The van der Waals surface area contributed by atoms with Crippen molar-refractivity contribution in [3.63, 3.8) is 0 Å². The first-order valence-corrected chi connectivity index (χ1v) is 10.6. The van der Waals surface area contributed by atoms with Crippen LogP contribution in [0.25, 0.3) is 11.0 Å². The van der Waals surface area contributed by atoms with Gasteiger partial charge in [0.2, 0.25) is 5.91 Å². The van der Waals surface area contributed by atoms with E-state index >= 15 is 0 Å². The number of amides is 1. The number of para-hydroxylation sites is 1. The van der Waals surface area contributed by atoms with Gasteiger partial charge in [-0.25, -0.2) is 0 Å². The lowest BCUT2D eigenvalue weighted by molar-refractivity contribution is -0.132. The zero-order valence-electron chi connectivity index (χ0n) is 15.3. The molecule has 1 amide bonds. The van der Waals surface area contributed by atoms with Crippen LogP contribution in [0.15, 0.2) is 40.2 Å². The van der Waals surface area contributed by atoms with Crippen molar-refractivity contribution in [3.8, 4) is 0 Å². The summed E-state index contributed by atoms with van der Waals surface area (Å²) in [6, 6.07) is 10.6. The van der Waals surface area contributed by atoms with Gasteiger partial charge in [-0.15, -0.1) is 11.3 Å². The molecule has 2 aromatic heterocycles. The van der Waals surface area contributed by atoms with E-state index in [9.17, 15) is 4.79 Å². The number of hydrogen-bond donors (Lipinski definition) is 0. The average molecular weight is 382 g/mol. The van der Waals surface area contributed by atoms with Crippen molar-refractivity contribution in [2.24, 2.45) is 0 Å². The fraction of sp³-hybridized carbons (Fsp3) is 0.429. The Morgan fingerprint density at radius 2 is 2.04 bits per heavy atom. The van der Waals surface area contributed by atoms with Crippen molar-refractivity contribution in [2.45, 2.75) is 38.3 Å². The number of likely N-dealkylation sites (tertiary alicyclic amines) is 1. The molecule has 5 nitrogen and oxygen atoms in total. The summed E-state index contributed by atoms with van der Waals surface area (Å²) in [5, 5.41) is 7.26. The molecule has 5 rings (SSSR count). The van der Waals surface area contributed by atoms with Crippen LogP contribution in [0.5, 0.6) is 0 Å². The number of hydrogen-bond acceptors (Lipinski definition) is 5. The highest BCUT2D eigenvalue weighted by Crippen LogP contribution is 2.28. The second-order valence-electron chi connectivity index (χ2n) is 7.50. The predicted molar refractivity (Wildman–Crippen MR) is 106 cm³/mol.